The van der Waals surface area contributed by atoms with Crippen LogP contribution < -0.4 is 10.1 Å². The summed E-state index contributed by atoms with van der Waals surface area (Å²) in [5.74, 6) is 0.307. The molecule has 0 heterocycles. The third kappa shape index (κ3) is 8.34. The number of hydrogen-bond acceptors (Lipinski definition) is 4. The number of halogens is 1. The van der Waals surface area contributed by atoms with Gasteiger partial charge in [-0.25, -0.2) is 0 Å². The minimum atomic E-state index is -0.193. The van der Waals surface area contributed by atoms with E-state index < -0.39 is 0 Å². The Labute approximate surface area is 133 Å². The van der Waals surface area contributed by atoms with E-state index in [0.717, 1.165) is 23.7 Å². The van der Waals surface area contributed by atoms with Crippen LogP contribution >= 0.6 is 15.9 Å². The van der Waals surface area contributed by atoms with Gasteiger partial charge in [0.15, 0.2) is 6.61 Å². The van der Waals surface area contributed by atoms with Crippen LogP contribution in [0.25, 0.3) is 0 Å². The summed E-state index contributed by atoms with van der Waals surface area (Å²) < 4.78 is 10.8. The first kappa shape index (κ1) is 17.5. The van der Waals surface area contributed by atoms with Gasteiger partial charge < -0.3 is 14.8 Å². The van der Waals surface area contributed by atoms with Crippen LogP contribution in [0.2, 0.25) is 0 Å². The van der Waals surface area contributed by atoms with Crippen molar-refractivity contribution in [1.29, 1.82) is 0 Å². The highest BCUT2D eigenvalue weighted by Gasteiger charge is 2.03. The van der Waals surface area contributed by atoms with Gasteiger partial charge in [-0.2, -0.15) is 0 Å². The van der Waals surface area contributed by atoms with Crippen LogP contribution in [0.4, 0.5) is 0 Å². The molecule has 5 nitrogen and oxygen atoms in total. The number of carbonyl (C=O) groups is 2. The Morgan fingerprint density at radius 1 is 1.24 bits per heavy atom. The predicted octanol–water partition coefficient (Wildman–Crippen LogP) is 2.68. The lowest BCUT2D eigenvalue weighted by molar-refractivity contribution is -0.140. The molecule has 0 fully saturated rings. The van der Waals surface area contributed by atoms with Crippen molar-refractivity contribution in [3.8, 4) is 5.75 Å². The number of esters is 1. The van der Waals surface area contributed by atoms with Crippen LogP contribution in [-0.4, -0.2) is 32.1 Å². The SMILES string of the molecule is COC(=O)CCCCCNC(=O)COc1cccc(Br)c1. The first-order chi connectivity index (χ1) is 10.1. The summed E-state index contributed by atoms with van der Waals surface area (Å²) in [4.78, 5) is 22.5. The molecule has 0 aliphatic heterocycles. The molecule has 1 rings (SSSR count). The average molecular weight is 358 g/mol. The molecule has 1 amide bonds. The lowest BCUT2D eigenvalue weighted by Gasteiger charge is -2.07. The highest BCUT2D eigenvalue weighted by atomic mass is 79.9. The summed E-state index contributed by atoms with van der Waals surface area (Å²) >= 11 is 3.34. The molecule has 1 N–H and O–H groups in total. The number of carbonyl (C=O) groups excluding carboxylic acids is 2. The summed E-state index contributed by atoms with van der Waals surface area (Å²) in [6.45, 7) is 0.584. The van der Waals surface area contributed by atoms with Gasteiger partial charge in [0.2, 0.25) is 0 Å². The number of ether oxygens (including phenoxy) is 2. The van der Waals surface area contributed by atoms with E-state index in [0.29, 0.717) is 18.7 Å². The van der Waals surface area contributed by atoms with E-state index in [-0.39, 0.29) is 18.5 Å². The molecule has 1 aromatic rings. The van der Waals surface area contributed by atoms with Gasteiger partial charge >= 0.3 is 5.97 Å². The van der Waals surface area contributed by atoms with Gasteiger partial charge in [-0.05, 0) is 31.0 Å². The number of hydrogen-bond donors (Lipinski definition) is 1. The maximum absolute atomic E-state index is 11.6. The summed E-state index contributed by atoms with van der Waals surface area (Å²) in [7, 11) is 1.38. The van der Waals surface area contributed by atoms with Crippen molar-refractivity contribution in [3.63, 3.8) is 0 Å². The molecule has 116 valence electrons. The van der Waals surface area contributed by atoms with Crippen LogP contribution in [0.15, 0.2) is 28.7 Å². The van der Waals surface area contributed by atoms with Crippen LogP contribution in [0, 0.1) is 0 Å². The maximum atomic E-state index is 11.6. The first-order valence-electron chi connectivity index (χ1n) is 6.83. The number of rotatable bonds is 9. The van der Waals surface area contributed by atoms with E-state index >= 15 is 0 Å². The van der Waals surface area contributed by atoms with Crippen LogP contribution in [-0.2, 0) is 14.3 Å². The molecule has 0 bridgehead atoms. The molecule has 0 aromatic heterocycles. The summed E-state index contributed by atoms with van der Waals surface area (Å²) in [5.41, 5.74) is 0. The van der Waals surface area contributed by atoms with Gasteiger partial charge in [-0.15, -0.1) is 0 Å². The number of unbranched alkanes of at least 4 members (excludes halogenated alkanes) is 2. The van der Waals surface area contributed by atoms with E-state index in [1.165, 1.54) is 7.11 Å². The Morgan fingerprint density at radius 2 is 2.05 bits per heavy atom. The number of amides is 1. The molecule has 0 spiro atoms. The smallest absolute Gasteiger partial charge is 0.305 e. The summed E-state index contributed by atoms with van der Waals surface area (Å²) in [6, 6.07) is 7.34. The summed E-state index contributed by atoms with van der Waals surface area (Å²) in [6.07, 6.45) is 2.91. The Morgan fingerprint density at radius 3 is 2.76 bits per heavy atom. The van der Waals surface area contributed by atoms with Crippen molar-refractivity contribution in [3.05, 3.63) is 28.7 Å². The normalized spacial score (nSPS) is 10.0. The van der Waals surface area contributed by atoms with E-state index in [1.807, 2.05) is 12.1 Å². The molecule has 0 saturated carbocycles. The molecule has 1 aromatic carbocycles. The standard InChI is InChI=1S/C15H20BrNO4/c1-20-15(19)8-3-2-4-9-17-14(18)11-21-13-7-5-6-12(16)10-13/h5-7,10H,2-4,8-9,11H2,1H3,(H,17,18). The van der Waals surface area contributed by atoms with Crippen molar-refractivity contribution in [1.82, 2.24) is 5.32 Å². The van der Waals surface area contributed by atoms with E-state index in [2.05, 4.69) is 26.0 Å². The molecular weight excluding hydrogens is 338 g/mol. The molecular formula is C15H20BrNO4. The van der Waals surface area contributed by atoms with Crippen molar-refractivity contribution >= 4 is 27.8 Å². The molecule has 0 atom stereocenters. The van der Waals surface area contributed by atoms with Gasteiger partial charge in [-0.3, -0.25) is 9.59 Å². The number of benzene rings is 1. The molecule has 0 unspecified atom stereocenters. The van der Waals surface area contributed by atoms with Gasteiger partial charge in [-0.1, -0.05) is 28.4 Å². The van der Waals surface area contributed by atoms with E-state index in [9.17, 15) is 9.59 Å². The van der Waals surface area contributed by atoms with Crippen molar-refractivity contribution < 1.29 is 19.1 Å². The molecule has 6 heteroatoms. The lowest BCUT2D eigenvalue weighted by atomic mass is 10.2. The topological polar surface area (TPSA) is 64.6 Å². The lowest BCUT2D eigenvalue weighted by Crippen LogP contribution is -2.29. The number of methoxy groups -OCH3 is 1. The zero-order valence-corrected chi connectivity index (χ0v) is 13.6. The Bertz CT molecular complexity index is 465. The van der Waals surface area contributed by atoms with Gasteiger partial charge in [0.25, 0.3) is 5.91 Å². The van der Waals surface area contributed by atoms with Crippen LogP contribution in [0.3, 0.4) is 0 Å². The van der Waals surface area contributed by atoms with E-state index in [1.54, 1.807) is 12.1 Å². The van der Waals surface area contributed by atoms with Gasteiger partial charge in [0.1, 0.15) is 5.75 Å². The third-order valence-corrected chi connectivity index (χ3v) is 3.27. The third-order valence-electron chi connectivity index (χ3n) is 2.77. The van der Waals surface area contributed by atoms with Crippen molar-refractivity contribution in [2.24, 2.45) is 0 Å². The number of nitrogens with one attached hydrogen (secondary N) is 1. The summed E-state index contributed by atoms with van der Waals surface area (Å²) in [5, 5.41) is 2.78. The second-order valence-electron chi connectivity index (χ2n) is 4.48. The maximum Gasteiger partial charge on any atom is 0.305 e. The largest absolute Gasteiger partial charge is 0.484 e. The average Bonchev–Trinajstić information content (AvgIpc) is 2.48. The Balaban J connectivity index is 2.05. The molecule has 21 heavy (non-hydrogen) atoms. The van der Waals surface area contributed by atoms with Crippen molar-refractivity contribution in [2.75, 3.05) is 20.3 Å². The highest BCUT2D eigenvalue weighted by molar-refractivity contribution is 9.10. The zero-order valence-electron chi connectivity index (χ0n) is 12.1. The second-order valence-corrected chi connectivity index (χ2v) is 5.40. The fourth-order valence-corrected chi connectivity index (χ4v) is 2.04. The monoisotopic (exact) mass is 357 g/mol. The fraction of sp³-hybridized carbons (Fsp3) is 0.467. The molecule has 0 aliphatic rings. The quantitative estimate of drug-likeness (QED) is 0.545. The fourth-order valence-electron chi connectivity index (χ4n) is 1.66. The van der Waals surface area contributed by atoms with Gasteiger partial charge in [0, 0.05) is 17.4 Å². The minimum absolute atomic E-state index is 0.00138. The minimum Gasteiger partial charge on any atom is -0.484 e. The first-order valence-corrected chi connectivity index (χ1v) is 7.63. The van der Waals surface area contributed by atoms with Crippen LogP contribution in [0.5, 0.6) is 5.75 Å². The highest BCUT2D eigenvalue weighted by Crippen LogP contribution is 2.17. The zero-order chi connectivity index (χ0) is 15.5. The van der Waals surface area contributed by atoms with Gasteiger partial charge in [0.05, 0.1) is 7.11 Å². The molecule has 0 saturated heterocycles. The van der Waals surface area contributed by atoms with E-state index in [4.69, 9.17) is 4.74 Å². The molecule has 0 radical (unpaired) electrons. The Kier molecular flexibility index (Phi) is 8.50. The molecule has 0 aliphatic carbocycles. The second kappa shape index (κ2) is 10.2. The predicted molar refractivity (Wildman–Crippen MR) is 83.1 cm³/mol. The van der Waals surface area contributed by atoms with Crippen molar-refractivity contribution in [2.45, 2.75) is 25.7 Å². The van der Waals surface area contributed by atoms with Crippen LogP contribution in [0.1, 0.15) is 25.7 Å². The Hall–Kier alpha value is -1.56.